The molecule has 20 heavy (non-hydrogen) atoms. The third-order valence-corrected chi connectivity index (χ3v) is 3.51. The third kappa shape index (κ3) is 3.56. The topological polar surface area (TPSA) is 42.7 Å². The molecule has 0 atom stereocenters. The maximum Gasteiger partial charge on any atom is 0.125 e. The molecular weight excluding hydrogens is 347 g/mol. The van der Waals surface area contributed by atoms with E-state index in [9.17, 15) is 4.39 Å². The molecule has 0 radical (unpaired) electrons. The monoisotopic (exact) mass is 360 g/mol. The van der Waals surface area contributed by atoms with Crippen LogP contribution >= 0.6 is 27.5 Å². The van der Waals surface area contributed by atoms with E-state index in [0.29, 0.717) is 16.7 Å². The molecule has 2 rings (SSSR count). The van der Waals surface area contributed by atoms with Gasteiger partial charge in [0.25, 0.3) is 0 Å². The lowest BCUT2D eigenvalue weighted by Crippen LogP contribution is -2.35. The van der Waals surface area contributed by atoms with Crippen molar-refractivity contribution in [2.45, 2.75) is 32.9 Å². The Morgan fingerprint density at radius 1 is 1.40 bits per heavy atom. The van der Waals surface area contributed by atoms with Crippen molar-refractivity contribution in [3.8, 4) is 5.69 Å². The van der Waals surface area contributed by atoms with Crippen LogP contribution in [-0.2, 0) is 6.54 Å². The Labute approximate surface area is 130 Å². The first-order valence-corrected chi connectivity index (χ1v) is 7.24. The van der Waals surface area contributed by atoms with E-state index in [1.807, 2.05) is 0 Å². The number of rotatable bonds is 3. The summed E-state index contributed by atoms with van der Waals surface area (Å²) in [4.78, 5) is 0. The molecule has 108 valence electrons. The second kappa shape index (κ2) is 5.79. The minimum absolute atomic E-state index is 0.0288. The molecule has 0 bridgehead atoms. The number of nitrogens with zero attached hydrogens (tertiary/aromatic N) is 3. The highest BCUT2D eigenvalue weighted by Gasteiger charge is 2.16. The van der Waals surface area contributed by atoms with Crippen molar-refractivity contribution in [2.24, 2.45) is 0 Å². The van der Waals surface area contributed by atoms with Gasteiger partial charge in [0.05, 0.1) is 22.6 Å². The van der Waals surface area contributed by atoms with Crippen LogP contribution in [0.4, 0.5) is 4.39 Å². The minimum Gasteiger partial charge on any atom is -0.306 e. The molecule has 4 nitrogen and oxygen atoms in total. The van der Waals surface area contributed by atoms with Crippen LogP contribution in [0.25, 0.3) is 5.69 Å². The van der Waals surface area contributed by atoms with Crippen molar-refractivity contribution in [2.75, 3.05) is 0 Å². The van der Waals surface area contributed by atoms with Gasteiger partial charge < -0.3 is 5.32 Å². The molecule has 0 spiro atoms. The quantitative estimate of drug-likeness (QED) is 0.906. The van der Waals surface area contributed by atoms with Gasteiger partial charge in [-0.15, -0.1) is 5.10 Å². The van der Waals surface area contributed by atoms with Crippen molar-refractivity contribution in [1.82, 2.24) is 20.3 Å². The predicted molar refractivity (Wildman–Crippen MR) is 80.6 cm³/mol. The smallest absolute Gasteiger partial charge is 0.125 e. The van der Waals surface area contributed by atoms with Gasteiger partial charge in [0.1, 0.15) is 5.82 Å². The minimum atomic E-state index is -0.403. The lowest BCUT2D eigenvalue weighted by atomic mass is 10.1. The molecule has 1 heterocycles. The number of aromatic nitrogens is 3. The van der Waals surface area contributed by atoms with Gasteiger partial charge in [-0.3, -0.25) is 0 Å². The first kappa shape index (κ1) is 15.4. The fourth-order valence-electron chi connectivity index (χ4n) is 1.66. The first-order chi connectivity index (χ1) is 9.28. The Bertz CT molecular complexity index is 598. The van der Waals surface area contributed by atoms with Gasteiger partial charge in [-0.25, -0.2) is 9.07 Å². The average Bonchev–Trinajstić information content (AvgIpc) is 2.72. The molecule has 0 saturated heterocycles. The standard InChI is InChI=1S/C13H15BrClFN4/c1-13(2,3)17-6-9-7-18-19-20(9)12-10(14)4-8(16)5-11(12)15/h4-5,7,17H,6H2,1-3H3. The molecule has 0 aliphatic rings. The Hall–Kier alpha value is -0.980. The van der Waals surface area contributed by atoms with Crippen molar-refractivity contribution in [1.29, 1.82) is 0 Å². The second-order valence-corrected chi connectivity index (χ2v) is 6.72. The van der Waals surface area contributed by atoms with E-state index < -0.39 is 5.82 Å². The molecule has 1 aromatic carbocycles. The number of halogens is 3. The van der Waals surface area contributed by atoms with Gasteiger partial charge in [0.15, 0.2) is 0 Å². The van der Waals surface area contributed by atoms with E-state index in [1.165, 1.54) is 12.1 Å². The van der Waals surface area contributed by atoms with E-state index in [0.717, 1.165) is 5.69 Å². The lowest BCUT2D eigenvalue weighted by molar-refractivity contribution is 0.418. The highest BCUT2D eigenvalue weighted by atomic mass is 79.9. The third-order valence-electron chi connectivity index (χ3n) is 2.61. The number of hydrogen-bond donors (Lipinski definition) is 1. The summed E-state index contributed by atoms with van der Waals surface area (Å²) in [5.74, 6) is -0.403. The fraction of sp³-hybridized carbons (Fsp3) is 0.385. The highest BCUT2D eigenvalue weighted by Crippen LogP contribution is 2.30. The molecule has 0 fully saturated rings. The first-order valence-electron chi connectivity index (χ1n) is 6.07. The molecule has 0 aliphatic heterocycles. The van der Waals surface area contributed by atoms with E-state index in [-0.39, 0.29) is 10.6 Å². The second-order valence-electron chi connectivity index (χ2n) is 5.46. The lowest BCUT2D eigenvalue weighted by Gasteiger charge is -2.20. The molecule has 0 saturated carbocycles. The number of nitrogens with one attached hydrogen (secondary N) is 1. The van der Waals surface area contributed by atoms with Gasteiger partial charge in [-0.05, 0) is 48.8 Å². The summed E-state index contributed by atoms with van der Waals surface area (Å²) in [6.45, 7) is 6.79. The van der Waals surface area contributed by atoms with Crippen molar-refractivity contribution < 1.29 is 4.39 Å². The average molecular weight is 362 g/mol. The Balaban J connectivity index is 2.38. The summed E-state index contributed by atoms with van der Waals surface area (Å²) in [7, 11) is 0. The Morgan fingerprint density at radius 2 is 2.10 bits per heavy atom. The van der Waals surface area contributed by atoms with Crippen LogP contribution in [-0.4, -0.2) is 20.5 Å². The van der Waals surface area contributed by atoms with Crippen molar-refractivity contribution in [3.63, 3.8) is 0 Å². The van der Waals surface area contributed by atoms with Crippen LogP contribution < -0.4 is 5.32 Å². The molecule has 7 heteroatoms. The van der Waals surface area contributed by atoms with E-state index >= 15 is 0 Å². The summed E-state index contributed by atoms with van der Waals surface area (Å²) in [5, 5.41) is 11.6. The Kier molecular flexibility index (Phi) is 4.46. The molecule has 0 aliphatic carbocycles. The zero-order chi connectivity index (χ0) is 14.9. The molecule has 1 N–H and O–H groups in total. The van der Waals surface area contributed by atoms with Gasteiger partial charge in [-0.1, -0.05) is 16.8 Å². The van der Waals surface area contributed by atoms with Crippen LogP contribution in [0.3, 0.4) is 0 Å². The summed E-state index contributed by atoms with van der Waals surface area (Å²) in [6.07, 6.45) is 1.66. The maximum absolute atomic E-state index is 13.3. The summed E-state index contributed by atoms with van der Waals surface area (Å²) in [6, 6.07) is 2.61. The molecule has 1 aromatic heterocycles. The van der Waals surface area contributed by atoms with Gasteiger partial charge in [0, 0.05) is 16.6 Å². The van der Waals surface area contributed by atoms with E-state index in [4.69, 9.17) is 11.6 Å². The predicted octanol–water partition coefficient (Wildman–Crippen LogP) is 3.71. The van der Waals surface area contributed by atoms with Crippen LogP contribution in [0.2, 0.25) is 5.02 Å². The van der Waals surface area contributed by atoms with Gasteiger partial charge in [-0.2, -0.15) is 0 Å². The fourth-order valence-corrected chi connectivity index (χ4v) is 2.66. The number of hydrogen-bond acceptors (Lipinski definition) is 3. The van der Waals surface area contributed by atoms with E-state index in [2.05, 4.69) is 52.3 Å². The van der Waals surface area contributed by atoms with Gasteiger partial charge in [0.2, 0.25) is 0 Å². The van der Waals surface area contributed by atoms with Gasteiger partial charge >= 0.3 is 0 Å². The van der Waals surface area contributed by atoms with Crippen LogP contribution in [0.1, 0.15) is 26.5 Å². The van der Waals surface area contributed by atoms with Crippen LogP contribution in [0.15, 0.2) is 22.8 Å². The molecule has 2 aromatic rings. The van der Waals surface area contributed by atoms with Crippen molar-refractivity contribution >= 4 is 27.5 Å². The summed E-state index contributed by atoms with van der Waals surface area (Å²) in [5.41, 5.74) is 1.39. The van der Waals surface area contributed by atoms with Crippen LogP contribution in [0.5, 0.6) is 0 Å². The Morgan fingerprint density at radius 3 is 2.70 bits per heavy atom. The normalized spacial score (nSPS) is 11.9. The van der Waals surface area contributed by atoms with E-state index in [1.54, 1.807) is 10.9 Å². The van der Waals surface area contributed by atoms with Crippen LogP contribution in [0, 0.1) is 5.82 Å². The SMILES string of the molecule is CC(C)(C)NCc1cnnn1-c1c(Cl)cc(F)cc1Br. The summed E-state index contributed by atoms with van der Waals surface area (Å²) < 4.78 is 15.4. The zero-order valence-corrected chi connectivity index (χ0v) is 13.8. The highest BCUT2D eigenvalue weighted by molar-refractivity contribution is 9.10. The molecule has 0 unspecified atom stereocenters. The summed E-state index contributed by atoms with van der Waals surface area (Å²) >= 11 is 9.42. The maximum atomic E-state index is 13.3. The molecular formula is C13H15BrClFN4. The largest absolute Gasteiger partial charge is 0.306 e. The molecule has 0 amide bonds. The van der Waals surface area contributed by atoms with Crippen molar-refractivity contribution in [3.05, 3.63) is 39.3 Å². The zero-order valence-electron chi connectivity index (χ0n) is 11.4. The number of benzene rings is 1.